The molecule has 2 atom stereocenters. The molecule has 1 N–H and O–H groups in total. The van der Waals surface area contributed by atoms with Gasteiger partial charge in [0.15, 0.2) is 0 Å². The van der Waals surface area contributed by atoms with Gasteiger partial charge in [-0.15, -0.1) is 11.8 Å². The number of nitrogens with zero attached hydrogens (tertiary/aromatic N) is 2. The molecule has 1 aromatic carbocycles. The molecule has 0 fully saturated rings. The molecule has 2 unspecified atom stereocenters. The average molecular weight is 252 g/mol. The monoisotopic (exact) mass is 252 g/mol. The molecular formula is C11H12N2O3S. The predicted octanol–water partition coefficient (Wildman–Crippen LogP) is 2.33. The third-order valence-electron chi connectivity index (χ3n) is 2.28. The Balaban J connectivity index is 3.10. The van der Waals surface area contributed by atoms with Crippen molar-refractivity contribution in [2.24, 2.45) is 0 Å². The standard InChI is InChI=1S/C11H12N2O3S/c1-7(14)8(2)17-11-5-9(6-12)3-4-10(11)13(15)16/h3-5,7-8,14H,1-2H3. The van der Waals surface area contributed by atoms with Gasteiger partial charge in [-0.2, -0.15) is 5.26 Å². The maximum absolute atomic E-state index is 10.8. The maximum Gasteiger partial charge on any atom is 0.282 e. The minimum atomic E-state index is -0.578. The fraction of sp³-hybridized carbons (Fsp3) is 0.364. The van der Waals surface area contributed by atoms with Gasteiger partial charge in [-0.25, -0.2) is 0 Å². The number of nitriles is 1. The van der Waals surface area contributed by atoms with Crippen LogP contribution < -0.4 is 0 Å². The number of rotatable bonds is 4. The summed E-state index contributed by atoms with van der Waals surface area (Å²) in [6.07, 6.45) is -0.578. The van der Waals surface area contributed by atoms with Crippen LogP contribution in [0.25, 0.3) is 0 Å². The topological polar surface area (TPSA) is 87.2 Å². The lowest BCUT2D eigenvalue weighted by Crippen LogP contribution is -2.15. The van der Waals surface area contributed by atoms with E-state index >= 15 is 0 Å². The van der Waals surface area contributed by atoms with E-state index in [4.69, 9.17) is 5.26 Å². The van der Waals surface area contributed by atoms with Crippen LogP contribution in [-0.2, 0) is 0 Å². The highest BCUT2D eigenvalue weighted by Crippen LogP contribution is 2.33. The molecule has 5 nitrogen and oxygen atoms in total. The first-order valence-electron chi connectivity index (χ1n) is 4.99. The Morgan fingerprint density at radius 2 is 2.18 bits per heavy atom. The summed E-state index contributed by atoms with van der Waals surface area (Å²) in [6, 6.07) is 6.14. The zero-order valence-electron chi connectivity index (χ0n) is 9.45. The fourth-order valence-corrected chi connectivity index (χ4v) is 2.18. The van der Waals surface area contributed by atoms with Gasteiger partial charge in [0.25, 0.3) is 5.69 Å². The highest BCUT2D eigenvalue weighted by molar-refractivity contribution is 8.00. The smallest absolute Gasteiger partial charge is 0.282 e. The van der Waals surface area contributed by atoms with E-state index in [0.717, 1.165) is 0 Å². The minimum absolute atomic E-state index is 0.0403. The summed E-state index contributed by atoms with van der Waals surface area (Å²) in [5, 5.41) is 28.8. The molecule has 0 aliphatic rings. The minimum Gasteiger partial charge on any atom is -0.392 e. The van der Waals surface area contributed by atoms with Gasteiger partial charge in [0.1, 0.15) is 0 Å². The molecule has 0 spiro atoms. The van der Waals surface area contributed by atoms with Gasteiger partial charge in [-0.05, 0) is 19.1 Å². The van der Waals surface area contributed by atoms with Gasteiger partial charge in [0.05, 0.1) is 27.6 Å². The molecule has 0 aromatic heterocycles. The molecule has 0 bridgehead atoms. The lowest BCUT2D eigenvalue weighted by atomic mass is 10.2. The summed E-state index contributed by atoms with van der Waals surface area (Å²) in [5.74, 6) is 0. The van der Waals surface area contributed by atoms with Crippen LogP contribution >= 0.6 is 11.8 Å². The normalized spacial score (nSPS) is 13.8. The lowest BCUT2D eigenvalue weighted by molar-refractivity contribution is -0.387. The highest BCUT2D eigenvalue weighted by atomic mass is 32.2. The second-order valence-corrected chi connectivity index (χ2v) is 5.03. The quantitative estimate of drug-likeness (QED) is 0.505. The summed E-state index contributed by atoms with van der Waals surface area (Å²) in [4.78, 5) is 10.7. The Hall–Kier alpha value is -1.58. The number of nitro groups is 1. The van der Waals surface area contributed by atoms with Crippen LogP contribution in [0.5, 0.6) is 0 Å². The molecule has 0 saturated heterocycles. The number of benzene rings is 1. The Morgan fingerprint density at radius 1 is 1.53 bits per heavy atom. The number of thioether (sulfide) groups is 1. The van der Waals surface area contributed by atoms with E-state index in [1.807, 2.05) is 6.07 Å². The Kier molecular flexibility index (Phi) is 4.49. The van der Waals surface area contributed by atoms with Crippen LogP contribution in [0.15, 0.2) is 23.1 Å². The zero-order valence-corrected chi connectivity index (χ0v) is 10.3. The molecule has 90 valence electrons. The summed E-state index contributed by atoms with van der Waals surface area (Å²) in [5.41, 5.74) is 0.331. The van der Waals surface area contributed by atoms with E-state index < -0.39 is 11.0 Å². The van der Waals surface area contributed by atoms with Crippen LogP contribution in [0.2, 0.25) is 0 Å². The Labute approximate surface area is 103 Å². The number of aliphatic hydroxyl groups excluding tert-OH is 1. The third kappa shape index (κ3) is 3.44. The Bertz CT molecular complexity index is 468. The summed E-state index contributed by atoms with van der Waals surface area (Å²) in [7, 11) is 0. The molecule has 0 radical (unpaired) electrons. The van der Waals surface area contributed by atoms with Gasteiger partial charge in [0, 0.05) is 11.3 Å². The van der Waals surface area contributed by atoms with Crippen molar-refractivity contribution < 1.29 is 10.0 Å². The van der Waals surface area contributed by atoms with Crippen molar-refractivity contribution in [1.82, 2.24) is 0 Å². The van der Waals surface area contributed by atoms with Crippen LogP contribution in [0.1, 0.15) is 19.4 Å². The van der Waals surface area contributed by atoms with Crippen molar-refractivity contribution in [2.45, 2.75) is 30.1 Å². The molecule has 0 saturated carbocycles. The van der Waals surface area contributed by atoms with Crippen LogP contribution in [0, 0.1) is 21.4 Å². The van der Waals surface area contributed by atoms with E-state index in [2.05, 4.69) is 0 Å². The van der Waals surface area contributed by atoms with E-state index in [9.17, 15) is 15.2 Å². The van der Waals surface area contributed by atoms with Gasteiger partial charge in [-0.1, -0.05) is 6.92 Å². The molecule has 0 heterocycles. The van der Waals surface area contributed by atoms with Crippen molar-refractivity contribution in [3.63, 3.8) is 0 Å². The number of hydrogen-bond acceptors (Lipinski definition) is 5. The number of nitro benzene ring substituents is 1. The first kappa shape index (κ1) is 13.5. The SMILES string of the molecule is CC(O)C(C)Sc1cc(C#N)ccc1[N+](=O)[O-]. The maximum atomic E-state index is 10.8. The van der Waals surface area contributed by atoms with Gasteiger partial charge in [-0.3, -0.25) is 10.1 Å². The predicted molar refractivity (Wildman–Crippen MR) is 64.8 cm³/mol. The van der Waals surface area contributed by atoms with E-state index in [0.29, 0.717) is 10.5 Å². The van der Waals surface area contributed by atoms with Crippen molar-refractivity contribution in [2.75, 3.05) is 0 Å². The van der Waals surface area contributed by atoms with Crippen molar-refractivity contribution in [3.05, 3.63) is 33.9 Å². The molecule has 1 rings (SSSR count). The molecular weight excluding hydrogens is 240 g/mol. The van der Waals surface area contributed by atoms with Crippen LogP contribution in [0.4, 0.5) is 5.69 Å². The summed E-state index contributed by atoms with van der Waals surface area (Å²) in [6.45, 7) is 3.40. The number of hydrogen-bond donors (Lipinski definition) is 1. The zero-order chi connectivity index (χ0) is 13.0. The first-order valence-corrected chi connectivity index (χ1v) is 5.87. The summed E-state index contributed by atoms with van der Waals surface area (Å²) < 4.78 is 0. The third-order valence-corrected chi connectivity index (χ3v) is 3.62. The average Bonchev–Trinajstić information content (AvgIpc) is 2.28. The fourth-order valence-electron chi connectivity index (χ4n) is 1.13. The summed E-state index contributed by atoms with van der Waals surface area (Å²) >= 11 is 1.19. The molecule has 0 aliphatic heterocycles. The Morgan fingerprint density at radius 3 is 2.65 bits per heavy atom. The van der Waals surface area contributed by atoms with Crippen molar-refractivity contribution in [1.29, 1.82) is 5.26 Å². The first-order chi connectivity index (χ1) is 7.95. The van der Waals surface area contributed by atoms with Crippen LogP contribution in [-0.4, -0.2) is 21.4 Å². The van der Waals surface area contributed by atoms with E-state index in [-0.39, 0.29) is 10.9 Å². The van der Waals surface area contributed by atoms with Crippen molar-refractivity contribution in [3.8, 4) is 6.07 Å². The van der Waals surface area contributed by atoms with E-state index in [1.165, 1.54) is 30.0 Å². The highest BCUT2D eigenvalue weighted by Gasteiger charge is 2.19. The molecule has 6 heteroatoms. The van der Waals surface area contributed by atoms with Gasteiger partial charge >= 0.3 is 0 Å². The van der Waals surface area contributed by atoms with Crippen LogP contribution in [0.3, 0.4) is 0 Å². The number of aliphatic hydroxyl groups is 1. The largest absolute Gasteiger partial charge is 0.392 e. The molecule has 0 aliphatic carbocycles. The van der Waals surface area contributed by atoms with Gasteiger partial charge in [0.2, 0.25) is 0 Å². The van der Waals surface area contributed by atoms with E-state index in [1.54, 1.807) is 13.8 Å². The second-order valence-electron chi connectivity index (χ2n) is 3.61. The lowest BCUT2D eigenvalue weighted by Gasteiger charge is -2.13. The van der Waals surface area contributed by atoms with Crippen molar-refractivity contribution >= 4 is 17.4 Å². The van der Waals surface area contributed by atoms with Gasteiger partial charge < -0.3 is 5.11 Å². The second kappa shape index (κ2) is 5.66. The molecule has 0 amide bonds. The molecule has 1 aromatic rings. The molecule has 17 heavy (non-hydrogen) atoms.